The highest BCUT2D eigenvalue weighted by atomic mass is 32.1. The number of piperidine rings is 1. The molecule has 0 radical (unpaired) electrons. The Labute approximate surface area is 119 Å². The topological polar surface area (TPSA) is 39.6 Å². The fraction of sp³-hybridized carbons (Fsp3) is 0.786. The lowest BCUT2D eigenvalue weighted by Crippen LogP contribution is -2.41. The smallest absolute Gasteiger partial charge is 0.185 e. The fourth-order valence-corrected chi connectivity index (χ4v) is 3.91. The van der Waals surface area contributed by atoms with E-state index in [-0.39, 0.29) is 6.61 Å². The highest BCUT2D eigenvalue weighted by Gasteiger charge is 2.31. The van der Waals surface area contributed by atoms with E-state index in [9.17, 15) is 5.11 Å². The molecule has 0 bridgehead atoms. The van der Waals surface area contributed by atoms with Crippen molar-refractivity contribution in [2.24, 2.45) is 0 Å². The molecular weight excluding hydrogens is 258 g/mol. The second kappa shape index (κ2) is 5.38. The molecule has 1 saturated carbocycles. The van der Waals surface area contributed by atoms with Crippen molar-refractivity contribution in [1.29, 1.82) is 0 Å². The SMILES string of the molecule is CN(C)C1CCN(c2nc(C3CC3)c(CO)s2)CC1. The van der Waals surface area contributed by atoms with Crippen LogP contribution >= 0.6 is 11.3 Å². The van der Waals surface area contributed by atoms with Crippen LogP contribution in [0.1, 0.15) is 42.2 Å². The van der Waals surface area contributed by atoms with E-state index in [0.29, 0.717) is 12.0 Å². The second-order valence-corrected chi connectivity index (χ2v) is 6.98. The highest BCUT2D eigenvalue weighted by molar-refractivity contribution is 7.15. The Kier molecular flexibility index (Phi) is 3.78. The van der Waals surface area contributed by atoms with Crippen LogP contribution in [0.15, 0.2) is 0 Å². The van der Waals surface area contributed by atoms with E-state index < -0.39 is 0 Å². The number of rotatable bonds is 4. The zero-order chi connectivity index (χ0) is 13.4. The van der Waals surface area contributed by atoms with E-state index in [0.717, 1.165) is 23.1 Å². The normalized spacial score (nSPS) is 21.4. The van der Waals surface area contributed by atoms with Gasteiger partial charge in [0, 0.05) is 25.0 Å². The van der Waals surface area contributed by atoms with Gasteiger partial charge in [-0.25, -0.2) is 4.98 Å². The van der Waals surface area contributed by atoms with Gasteiger partial charge in [0.1, 0.15) is 0 Å². The van der Waals surface area contributed by atoms with Crippen LogP contribution in [0.4, 0.5) is 5.13 Å². The third kappa shape index (κ3) is 2.78. The van der Waals surface area contributed by atoms with Crippen molar-refractivity contribution in [3.05, 3.63) is 10.6 Å². The quantitative estimate of drug-likeness (QED) is 0.917. The van der Waals surface area contributed by atoms with E-state index in [1.54, 1.807) is 11.3 Å². The Hall–Kier alpha value is -0.650. The molecule has 1 aromatic rings. The number of hydrogen-bond acceptors (Lipinski definition) is 5. The Morgan fingerprint density at radius 2 is 1.95 bits per heavy atom. The summed E-state index contributed by atoms with van der Waals surface area (Å²) >= 11 is 1.70. The maximum atomic E-state index is 9.47. The van der Waals surface area contributed by atoms with Gasteiger partial charge >= 0.3 is 0 Å². The second-order valence-electron chi connectivity index (χ2n) is 5.92. The van der Waals surface area contributed by atoms with Crippen LogP contribution in [-0.4, -0.2) is 48.2 Å². The molecule has 0 atom stereocenters. The average Bonchev–Trinajstić information content (AvgIpc) is 3.18. The van der Waals surface area contributed by atoms with Crippen molar-refractivity contribution in [3.8, 4) is 0 Å². The van der Waals surface area contributed by atoms with Crippen molar-refractivity contribution >= 4 is 16.5 Å². The molecular formula is C14H23N3OS. The average molecular weight is 281 g/mol. The Balaban J connectivity index is 1.69. The van der Waals surface area contributed by atoms with Crippen LogP contribution in [-0.2, 0) is 6.61 Å². The monoisotopic (exact) mass is 281 g/mol. The summed E-state index contributed by atoms with van der Waals surface area (Å²) in [5.74, 6) is 0.631. The van der Waals surface area contributed by atoms with Crippen LogP contribution in [0.2, 0.25) is 0 Å². The number of nitrogens with zero attached hydrogens (tertiary/aromatic N) is 3. The van der Waals surface area contributed by atoms with Crippen LogP contribution in [0, 0.1) is 0 Å². The maximum Gasteiger partial charge on any atom is 0.185 e. The number of anilines is 1. The minimum Gasteiger partial charge on any atom is -0.391 e. The minimum atomic E-state index is 0.150. The first kappa shape index (κ1) is 13.3. The number of aliphatic hydroxyl groups excluding tert-OH is 1. The van der Waals surface area contributed by atoms with Gasteiger partial charge in [0.05, 0.1) is 17.2 Å². The van der Waals surface area contributed by atoms with Crippen molar-refractivity contribution in [1.82, 2.24) is 9.88 Å². The third-order valence-corrected chi connectivity index (χ3v) is 5.41. The molecule has 19 heavy (non-hydrogen) atoms. The van der Waals surface area contributed by atoms with E-state index in [2.05, 4.69) is 23.9 Å². The summed E-state index contributed by atoms with van der Waals surface area (Å²) in [6, 6.07) is 0.705. The lowest BCUT2D eigenvalue weighted by atomic mass is 10.0. The van der Waals surface area contributed by atoms with E-state index in [1.807, 2.05) is 0 Å². The Morgan fingerprint density at radius 1 is 1.26 bits per heavy atom. The van der Waals surface area contributed by atoms with Gasteiger partial charge in [0.25, 0.3) is 0 Å². The first-order chi connectivity index (χ1) is 9.19. The molecule has 1 saturated heterocycles. The summed E-state index contributed by atoms with van der Waals surface area (Å²) in [6.07, 6.45) is 4.91. The fourth-order valence-electron chi connectivity index (χ4n) is 2.85. The predicted molar refractivity (Wildman–Crippen MR) is 78.9 cm³/mol. The summed E-state index contributed by atoms with van der Waals surface area (Å²) < 4.78 is 0. The van der Waals surface area contributed by atoms with Gasteiger partial charge in [-0.1, -0.05) is 11.3 Å². The van der Waals surface area contributed by atoms with Gasteiger partial charge in [-0.2, -0.15) is 0 Å². The lowest BCUT2D eigenvalue weighted by molar-refractivity contribution is 0.249. The van der Waals surface area contributed by atoms with Gasteiger partial charge in [-0.3, -0.25) is 0 Å². The molecule has 1 N–H and O–H groups in total. The summed E-state index contributed by atoms with van der Waals surface area (Å²) in [6.45, 7) is 2.33. The molecule has 106 valence electrons. The molecule has 4 nitrogen and oxygen atoms in total. The van der Waals surface area contributed by atoms with E-state index >= 15 is 0 Å². The number of aromatic nitrogens is 1. The van der Waals surface area contributed by atoms with Crippen molar-refractivity contribution in [2.75, 3.05) is 32.1 Å². The molecule has 5 heteroatoms. The molecule has 0 aromatic carbocycles. The molecule has 3 rings (SSSR count). The van der Waals surface area contributed by atoms with Crippen LogP contribution < -0.4 is 4.90 Å². The summed E-state index contributed by atoms with van der Waals surface area (Å²) in [5, 5.41) is 10.6. The first-order valence-corrected chi connectivity index (χ1v) is 8.02. The molecule has 0 spiro atoms. The summed E-state index contributed by atoms with van der Waals surface area (Å²) in [7, 11) is 4.33. The third-order valence-electron chi connectivity index (χ3n) is 4.29. The molecule has 2 heterocycles. The Bertz CT molecular complexity index is 434. The molecule has 2 fully saturated rings. The number of aliphatic hydroxyl groups is 1. The van der Waals surface area contributed by atoms with Crippen LogP contribution in [0.5, 0.6) is 0 Å². The van der Waals surface area contributed by atoms with Crippen molar-refractivity contribution in [3.63, 3.8) is 0 Å². The van der Waals surface area contributed by atoms with E-state index in [4.69, 9.17) is 4.98 Å². The predicted octanol–water partition coefficient (Wildman–Crippen LogP) is 2.04. The minimum absolute atomic E-state index is 0.150. The van der Waals surface area contributed by atoms with Gasteiger partial charge in [0.2, 0.25) is 0 Å². The maximum absolute atomic E-state index is 9.47. The summed E-state index contributed by atoms with van der Waals surface area (Å²) in [5.41, 5.74) is 1.18. The Morgan fingerprint density at radius 3 is 2.47 bits per heavy atom. The number of hydrogen-bond donors (Lipinski definition) is 1. The molecule has 1 aromatic heterocycles. The van der Waals surface area contributed by atoms with Gasteiger partial charge < -0.3 is 14.9 Å². The van der Waals surface area contributed by atoms with Crippen molar-refractivity contribution < 1.29 is 5.11 Å². The first-order valence-electron chi connectivity index (χ1n) is 7.21. The number of thiazole rings is 1. The molecule has 1 aliphatic carbocycles. The van der Waals surface area contributed by atoms with Gasteiger partial charge in [-0.05, 0) is 39.8 Å². The summed E-state index contributed by atoms with van der Waals surface area (Å²) in [4.78, 5) is 10.6. The van der Waals surface area contributed by atoms with Gasteiger partial charge in [0.15, 0.2) is 5.13 Å². The molecule has 0 amide bonds. The largest absolute Gasteiger partial charge is 0.391 e. The molecule has 1 aliphatic heterocycles. The zero-order valence-electron chi connectivity index (χ0n) is 11.8. The lowest BCUT2D eigenvalue weighted by Gasteiger charge is -2.35. The zero-order valence-corrected chi connectivity index (χ0v) is 12.6. The van der Waals surface area contributed by atoms with E-state index in [1.165, 1.54) is 31.4 Å². The molecule has 2 aliphatic rings. The highest BCUT2D eigenvalue weighted by Crippen LogP contribution is 2.44. The standard InChI is InChI=1S/C14H23N3OS/c1-16(2)11-5-7-17(8-6-11)14-15-13(10-3-4-10)12(9-18)19-14/h10-11,18H,3-9H2,1-2H3. The van der Waals surface area contributed by atoms with Crippen LogP contribution in [0.25, 0.3) is 0 Å². The van der Waals surface area contributed by atoms with Crippen LogP contribution in [0.3, 0.4) is 0 Å². The van der Waals surface area contributed by atoms with Gasteiger partial charge in [-0.15, -0.1) is 0 Å². The molecule has 0 unspecified atom stereocenters. The van der Waals surface area contributed by atoms with Crippen molar-refractivity contribution in [2.45, 2.75) is 44.2 Å².